The Morgan fingerprint density at radius 2 is 2.10 bits per heavy atom. The zero-order valence-corrected chi connectivity index (χ0v) is 12.5. The Bertz CT molecular complexity index is 465. The number of rotatable bonds is 5. The number of amides is 1. The molecule has 1 atom stereocenters. The van der Waals surface area contributed by atoms with E-state index in [0.29, 0.717) is 6.42 Å². The first-order chi connectivity index (χ1) is 9.53. The molecule has 0 saturated carbocycles. The molecule has 0 spiro atoms. The Balaban J connectivity index is 2.06. The standard InChI is InChI=1S/C16H25N3O/c1-3-9-16(2,17)15(20)18-13-7-6-8-14(12-13)19-10-4-5-11-19/h6-8,12H,3-5,9-11,17H2,1-2H3,(H,18,20). The zero-order valence-electron chi connectivity index (χ0n) is 12.5. The van der Waals surface area contributed by atoms with Crippen LogP contribution in [0.4, 0.5) is 11.4 Å². The summed E-state index contributed by atoms with van der Waals surface area (Å²) in [6.07, 6.45) is 4.07. The van der Waals surface area contributed by atoms with E-state index in [-0.39, 0.29) is 5.91 Å². The van der Waals surface area contributed by atoms with E-state index in [1.54, 1.807) is 6.92 Å². The number of carbonyl (C=O) groups excluding carboxylic acids is 1. The van der Waals surface area contributed by atoms with Gasteiger partial charge in [-0.05, 0) is 44.4 Å². The lowest BCUT2D eigenvalue weighted by molar-refractivity contribution is -0.120. The summed E-state index contributed by atoms with van der Waals surface area (Å²) in [4.78, 5) is 14.6. The lowest BCUT2D eigenvalue weighted by Gasteiger charge is -2.23. The first-order valence-corrected chi connectivity index (χ1v) is 7.48. The molecule has 1 aromatic carbocycles. The van der Waals surface area contributed by atoms with Crippen LogP contribution in [0.3, 0.4) is 0 Å². The van der Waals surface area contributed by atoms with E-state index in [1.807, 2.05) is 25.1 Å². The SMILES string of the molecule is CCCC(C)(N)C(=O)Nc1cccc(N2CCCC2)c1. The summed E-state index contributed by atoms with van der Waals surface area (Å²) in [7, 11) is 0. The third-order valence-corrected chi connectivity index (χ3v) is 3.86. The molecule has 1 amide bonds. The van der Waals surface area contributed by atoms with Crippen LogP contribution in [0, 0.1) is 0 Å². The van der Waals surface area contributed by atoms with E-state index < -0.39 is 5.54 Å². The van der Waals surface area contributed by atoms with Crippen LogP contribution in [0.5, 0.6) is 0 Å². The summed E-state index contributed by atoms with van der Waals surface area (Å²) >= 11 is 0. The van der Waals surface area contributed by atoms with Crippen molar-refractivity contribution in [3.8, 4) is 0 Å². The molecule has 0 aliphatic carbocycles. The topological polar surface area (TPSA) is 58.4 Å². The molecule has 1 aliphatic rings. The summed E-state index contributed by atoms with van der Waals surface area (Å²) in [5, 5.41) is 2.94. The number of hydrogen-bond donors (Lipinski definition) is 2. The van der Waals surface area contributed by atoms with Crippen LogP contribution in [0.25, 0.3) is 0 Å². The molecular formula is C16H25N3O. The fourth-order valence-electron chi connectivity index (χ4n) is 2.66. The van der Waals surface area contributed by atoms with Crippen molar-refractivity contribution >= 4 is 17.3 Å². The van der Waals surface area contributed by atoms with Gasteiger partial charge in [0.15, 0.2) is 0 Å². The summed E-state index contributed by atoms with van der Waals surface area (Å²) < 4.78 is 0. The maximum absolute atomic E-state index is 12.2. The minimum absolute atomic E-state index is 0.113. The van der Waals surface area contributed by atoms with Crippen LogP contribution < -0.4 is 16.0 Å². The highest BCUT2D eigenvalue weighted by Gasteiger charge is 2.27. The molecule has 0 bridgehead atoms. The number of carbonyl (C=O) groups is 1. The summed E-state index contributed by atoms with van der Waals surface area (Å²) in [5.41, 5.74) is 7.25. The Labute approximate surface area is 121 Å². The number of benzene rings is 1. The van der Waals surface area contributed by atoms with Crippen LogP contribution in [0.2, 0.25) is 0 Å². The third kappa shape index (κ3) is 3.51. The second-order valence-corrected chi connectivity index (χ2v) is 5.87. The van der Waals surface area contributed by atoms with Gasteiger partial charge in [0, 0.05) is 24.5 Å². The molecule has 1 aliphatic heterocycles. The average molecular weight is 275 g/mol. The molecule has 3 N–H and O–H groups in total. The van der Waals surface area contributed by atoms with Gasteiger partial charge in [0.2, 0.25) is 5.91 Å². The van der Waals surface area contributed by atoms with Gasteiger partial charge >= 0.3 is 0 Å². The Kier molecular flexibility index (Phi) is 4.65. The number of nitrogens with two attached hydrogens (primary N) is 1. The van der Waals surface area contributed by atoms with Crippen molar-refractivity contribution in [1.82, 2.24) is 0 Å². The molecule has 1 unspecified atom stereocenters. The smallest absolute Gasteiger partial charge is 0.244 e. The van der Waals surface area contributed by atoms with Crippen molar-refractivity contribution in [1.29, 1.82) is 0 Å². The minimum atomic E-state index is -0.807. The Morgan fingerprint density at radius 3 is 2.75 bits per heavy atom. The summed E-state index contributed by atoms with van der Waals surface area (Å²) in [6.45, 7) is 6.02. The van der Waals surface area contributed by atoms with Gasteiger partial charge in [-0.25, -0.2) is 0 Å². The van der Waals surface area contributed by atoms with E-state index >= 15 is 0 Å². The summed E-state index contributed by atoms with van der Waals surface area (Å²) in [5.74, 6) is -0.113. The molecule has 2 rings (SSSR count). The van der Waals surface area contributed by atoms with Gasteiger partial charge in [0.25, 0.3) is 0 Å². The lowest BCUT2D eigenvalue weighted by atomic mass is 9.96. The van der Waals surface area contributed by atoms with Crippen LogP contribution in [0.1, 0.15) is 39.5 Å². The normalized spacial score (nSPS) is 17.9. The van der Waals surface area contributed by atoms with E-state index in [9.17, 15) is 4.79 Å². The zero-order chi connectivity index (χ0) is 14.6. The quantitative estimate of drug-likeness (QED) is 0.868. The molecule has 1 heterocycles. The van der Waals surface area contributed by atoms with E-state index in [4.69, 9.17) is 5.73 Å². The van der Waals surface area contributed by atoms with Crippen LogP contribution in [-0.4, -0.2) is 24.5 Å². The van der Waals surface area contributed by atoms with Crippen LogP contribution in [0.15, 0.2) is 24.3 Å². The molecular weight excluding hydrogens is 250 g/mol. The van der Waals surface area contributed by atoms with Gasteiger partial charge in [0.05, 0.1) is 5.54 Å². The molecule has 20 heavy (non-hydrogen) atoms. The maximum Gasteiger partial charge on any atom is 0.244 e. The second kappa shape index (κ2) is 6.27. The van der Waals surface area contributed by atoms with E-state index in [0.717, 1.165) is 25.2 Å². The first kappa shape index (κ1) is 14.9. The fraction of sp³-hybridized carbons (Fsp3) is 0.562. The van der Waals surface area contributed by atoms with E-state index in [1.165, 1.54) is 18.5 Å². The fourth-order valence-corrected chi connectivity index (χ4v) is 2.66. The largest absolute Gasteiger partial charge is 0.371 e. The Hall–Kier alpha value is -1.55. The van der Waals surface area contributed by atoms with Crippen molar-refractivity contribution in [3.05, 3.63) is 24.3 Å². The van der Waals surface area contributed by atoms with E-state index in [2.05, 4.69) is 16.3 Å². The number of nitrogens with zero attached hydrogens (tertiary/aromatic N) is 1. The predicted molar refractivity (Wildman–Crippen MR) is 84.0 cm³/mol. The highest BCUT2D eigenvalue weighted by Crippen LogP contribution is 2.24. The van der Waals surface area contributed by atoms with Gasteiger partial charge < -0.3 is 16.0 Å². The molecule has 1 aromatic rings. The third-order valence-electron chi connectivity index (χ3n) is 3.86. The van der Waals surface area contributed by atoms with Crippen molar-refractivity contribution in [2.24, 2.45) is 5.73 Å². The van der Waals surface area contributed by atoms with Crippen molar-refractivity contribution < 1.29 is 4.79 Å². The van der Waals surface area contributed by atoms with Crippen molar-refractivity contribution in [2.45, 2.75) is 45.1 Å². The molecule has 0 aromatic heterocycles. The van der Waals surface area contributed by atoms with Crippen LogP contribution >= 0.6 is 0 Å². The Morgan fingerprint density at radius 1 is 1.40 bits per heavy atom. The molecule has 4 heteroatoms. The van der Waals surface area contributed by atoms with Crippen molar-refractivity contribution in [3.63, 3.8) is 0 Å². The van der Waals surface area contributed by atoms with Gasteiger partial charge in [-0.1, -0.05) is 19.4 Å². The number of nitrogens with one attached hydrogen (secondary N) is 1. The lowest BCUT2D eigenvalue weighted by Crippen LogP contribution is -2.48. The van der Waals surface area contributed by atoms with Gasteiger partial charge in [-0.3, -0.25) is 4.79 Å². The van der Waals surface area contributed by atoms with Gasteiger partial charge in [0.1, 0.15) is 0 Å². The maximum atomic E-state index is 12.2. The van der Waals surface area contributed by atoms with Crippen molar-refractivity contribution in [2.75, 3.05) is 23.3 Å². The highest BCUT2D eigenvalue weighted by molar-refractivity contribution is 5.97. The van der Waals surface area contributed by atoms with Gasteiger partial charge in [-0.15, -0.1) is 0 Å². The first-order valence-electron chi connectivity index (χ1n) is 7.48. The monoisotopic (exact) mass is 275 g/mol. The molecule has 4 nitrogen and oxygen atoms in total. The van der Waals surface area contributed by atoms with Crippen LogP contribution in [-0.2, 0) is 4.79 Å². The highest BCUT2D eigenvalue weighted by atomic mass is 16.2. The number of anilines is 2. The predicted octanol–water partition coefficient (Wildman–Crippen LogP) is 2.74. The minimum Gasteiger partial charge on any atom is -0.371 e. The molecule has 0 radical (unpaired) electrons. The average Bonchev–Trinajstić information content (AvgIpc) is 2.93. The summed E-state index contributed by atoms with van der Waals surface area (Å²) in [6, 6.07) is 8.02. The number of hydrogen-bond acceptors (Lipinski definition) is 3. The second-order valence-electron chi connectivity index (χ2n) is 5.87. The molecule has 1 fully saturated rings. The molecule has 110 valence electrons. The van der Waals surface area contributed by atoms with Gasteiger partial charge in [-0.2, -0.15) is 0 Å². The molecule has 1 saturated heterocycles.